The summed E-state index contributed by atoms with van der Waals surface area (Å²) in [7, 11) is 1.78. The van der Waals surface area contributed by atoms with Gasteiger partial charge in [-0.05, 0) is 29.1 Å². The van der Waals surface area contributed by atoms with Crippen molar-refractivity contribution >= 4 is 17.0 Å². The first-order chi connectivity index (χ1) is 6.72. The van der Waals surface area contributed by atoms with Crippen LogP contribution in [0.2, 0.25) is 0 Å². The summed E-state index contributed by atoms with van der Waals surface area (Å²) >= 11 is 0. The Morgan fingerprint density at radius 2 is 2.07 bits per heavy atom. The van der Waals surface area contributed by atoms with Gasteiger partial charge in [-0.1, -0.05) is 18.7 Å². The molecule has 2 heteroatoms. The minimum Gasteiger partial charge on any atom is -0.311 e. The first-order valence-corrected chi connectivity index (χ1v) is 4.44. The Balaban J connectivity index is 2.87. The molecular weight excluding hydrogens is 174 g/mol. The zero-order valence-corrected chi connectivity index (χ0v) is 8.03. The molecule has 0 spiro atoms. The van der Waals surface area contributed by atoms with Crippen LogP contribution < -0.4 is 5.56 Å². The molecule has 0 atom stereocenters. The van der Waals surface area contributed by atoms with Gasteiger partial charge in [-0.25, -0.2) is 0 Å². The van der Waals surface area contributed by atoms with Gasteiger partial charge in [0, 0.05) is 13.1 Å². The van der Waals surface area contributed by atoms with E-state index in [9.17, 15) is 4.79 Å². The molecule has 14 heavy (non-hydrogen) atoms. The lowest BCUT2D eigenvalue weighted by Gasteiger charge is -2.04. The lowest BCUT2D eigenvalue weighted by molar-refractivity contribution is 0.906. The Labute approximate surface area is 82.1 Å². The predicted molar refractivity (Wildman–Crippen MR) is 59.3 cm³/mol. The minimum absolute atomic E-state index is 0.0175. The van der Waals surface area contributed by atoms with Gasteiger partial charge in [-0.3, -0.25) is 4.79 Å². The predicted octanol–water partition coefficient (Wildman–Crippen LogP) is 2.18. The number of hydrogen-bond acceptors (Lipinski definition) is 1. The molecule has 1 heterocycles. The molecule has 0 saturated heterocycles. The fraction of sp³-hybridized carbons (Fsp3) is 0.0833. The highest BCUT2D eigenvalue weighted by Crippen LogP contribution is 2.14. The highest BCUT2D eigenvalue weighted by Gasteiger charge is 1.98. The monoisotopic (exact) mass is 185 g/mol. The molecule has 0 aliphatic rings. The van der Waals surface area contributed by atoms with Crippen LogP contribution in [0.5, 0.6) is 0 Å². The van der Waals surface area contributed by atoms with Crippen molar-refractivity contribution in [2.75, 3.05) is 0 Å². The summed E-state index contributed by atoms with van der Waals surface area (Å²) in [4.78, 5) is 11.3. The number of benzene rings is 1. The van der Waals surface area contributed by atoms with E-state index in [1.807, 2.05) is 24.3 Å². The third-order valence-electron chi connectivity index (χ3n) is 2.38. The van der Waals surface area contributed by atoms with Gasteiger partial charge in [0.2, 0.25) is 0 Å². The van der Waals surface area contributed by atoms with Gasteiger partial charge in [0.25, 0.3) is 5.56 Å². The number of pyridine rings is 1. The lowest BCUT2D eigenvalue weighted by atomic mass is 10.1. The van der Waals surface area contributed by atoms with Gasteiger partial charge in [0.05, 0.1) is 5.52 Å². The summed E-state index contributed by atoms with van der Waals surface area (Å²) in [6.07, 6.45) is 1.80. The van der Waals surface area contributed by atoms with Gasteiger partial charge in [-0.2, -0.15) is 0 Å². The molecule has 0 saturated carbocycles. The molecule has 1 aromatic carbocycles. The van der Waals surface area contributed by atoms with Crippen molar-refractivity contribution in [3.63, 3.8) is 0 Å². The van der Waals surface area contributed by atoms with Crippen molar-refractivity contribution in [1.82, 2.24) is 4.57 Å². The van der Waals surface area contributed by atoms with E-state index in [2.05, 4.69) is 6.58 Å². The molecule has 2 rings (SSSR count). The minimum atomic E-state index is 0.0175. The van der Waals surface area contributed by atoms with Gasteiger partial charge in [0.1, 0.15) is 0 Å². The normalized spacial score (nSPS) is 10.4. The van der Waals surface area contributed by atoms with Crippen LogP contribution in [0.25, 0.3) is 17.0 Å². The Morgan fingerprint density at radius 3 is 2.79 bits per heavy atom. The Hall–Kier alpha value is -1.83. The summed E-state index contributed by atoms with van der Waals surface area (Å²) in [5.74, 6) is 0. The van der Waals surface area contributed by atoms with Crippen molar-refractivity contribution in [3.8, 4) is 0 Å². The molecule has 0 amide bonds. The largest absolute Gasteiger partial charge is 0.311 e. The maximum Gasteiger partial charge on any atom is 0.250 e. The summed E-state index contributed by atoms with van der Waals surface area (Å²) in [6.45, 7) is 3.71. The standard InChI is InChI=1S/C12H11NO/c1-3-9-4-6-11-10(8-9)5-7-12(14)13(11)2/h3-8H,1H2,2H3. The first kappa shape index (κ1) is 8.75. The number of hydrogen-bond donors (Lipinski definition) is 0. The molecule has 70 valence electrons. The number of fused-ring (bicyclic) bond motifs is 1. The van der Waals surface area contributed by atoms with Crippen molar-refractivity contribution in [2.24, 2.45) is 7.05 Å². The van der Waals surface area contributed by atoms with E-state index in [-0.39, 0.29) is 5.56 Å². The number of aryl methyl sites for hydroxylation is 1. The second kappa shape index (κ2) is 3.14. The quantitative estimate of drug-likeness (QED) is 0.667. The summed E-state index contributed by atoms with van der Waals surface area (Å²) in [6, 6.07) is 9.32. The van der Waals surface area contributed by atoms with Gasteiger partial charge < -0.3 is 4.57 Å². The first-order valence-electron chi connectivity index (χ1n) is 4.44. The molecule has 0 N–H and O–H groups in total. The van der Waals surface area contributed by atoms with Crippen LogP contribution in [0.15, 0.2) is 41.7 Å². The van der Waals surface area contributed by atoms with E-state index in [4.69, 9.17) is 0 Å². The Bertz CT molecular complexity index is 552. The maximum absolute atomic E-state index is 11.3. The van der Waals surface area contributed by atoms with E-state index >= 15 is 0 Å². The lowest BCUT2D eigenvalue weighted by Crippen LogP contribution is -2.14. The van der Waals surface area contributed by atoms with Crippen LogP contribution in [0.4, 0.5) is 0 Å². The van der Waals surface area contributed by atoms with Crippen molar-refractivity contribution in [1.29, 1.82) is 0 Å². The van der Waals surface area contributed by atoms with Gasteiger partial charge in [0.15, 0.2) is 0 Å². The summed E-state index contributed by atoms with van der Waals surface area (Å²) < 4.78 is 1.64. The van der Waals surface area contributed by atoms with Gasteiger partial charge in [-0.15, -0.1) is 0 Å². The van der Waals surface area contributed by atoms with Crippen LogP contribution in [0.1, 0.15) is 5.56 Å². The van der Waals surface area contributed by atoms with Crippen molar-refractivity contribution < 1.29 is 0 Å². The molecular formula is C12H11NO. The number of aromatic nitrogens is 1. The third-order valence-corrected chi connectivity index (χ3v) is 2.38. The molecule has 0 aliphatic carbocycles. The van der Waals surface area contributed by atoms with E-state index < -0.39 is 0 Å². The SMILES string of the molecule is C=Cc1ccc2c(ccc(=O)n2C)c1. The van der Waals surface area contributed by atoms with E-state index in [0.717, 1.165) is 16.5 Å². The molecule has 0 fully saturated rings. The summed E-state index contributed by atoms with van der Waals surface area (Å²) in [5, 5.41) is 1.06. The third kappa shape index (κ3) is 1.25. The molecule has 0 aliphatic heterocycles. The van der Waals surface area contributed by atoms with Crippen LogP contribution in [0, 0.1) is 0 Å². The zero-order valence-electron chi connectivity index (χ0n) is 8.03. The molecule has 0 radical (unpaired) electrons. The average Bonchev–Trinajstić information content (AvgIpc) is 2.23. The van der Waals surface area contributed by atoms with E-state index in [1.54, 1.807) is 23.8 Å². The van der Waals surface area contributed by atoms with Crippen molar-refractivity contribution in [2.45, 2.75) is 0 Å². The maximum atomic E-state index is 11.3. The second-order valence-corrected chi connectivity index (χ2v) is 3.25. The molecule has 1 aromatic heterocycles. The number of nitrogens with zero attached hydrogens (tertiary/aromatic N) is 1. The van der Waals surface area contributed by atoms with Crippen LogP contribution in [-0.4, -0.2) is 4.57 Å². The van der Waals surface area contributed by atoms with Gasteiger partial charge >= 0.3 is 0 Å². The molecule has 2 aromatic rings. The van der Waals surface area contributed by atoms with Crippen LogP contribution >= 0.6 is 0 Å². The second-order valence-electron chi connectivity index (χ2n) is 3.25. The summed E-state index contributed by atoms with van der Waals surface area (Å²) in [5.41, 5.74) is 2.03. The fourth-order valence-corrected chi connectivity index (χ4v) is 1.53. The molecule has 0 unspecified atom stereocenters. The molecule has 0 bridgehead atoms. The topological polar surface area (TPSA) is 22.0 Å². The fourth-order valence-electron chi connectivity index (χ4n) is 1.53. The Morgan fingerprint density at radius 1 is 1.29 bits per heavy atom. The van der Waals surface area contributed by atoms with E-state index in [0.29, 0.717) is 0 Å². The zero-order chi connectivity index (χ0) is 10.1. The highest BCUT2D eigenvalue weighted by atomic mass is 16.1. The smallest absolute Gasteiger partial charge is 0.250 e. The number of rotatable bonds is 1. The average molecular weight is 185 g/mol. The molecule has 2 nitrogen and oxygen atoms in total. The van der Waals surface area contributed by atoms with Crippen molar-refractivity contribution in [3.05, 3.63) is 52.8 Å². The Kier molecular flexibility index (Phi) is 1.97. The van der Waals surface area contributed by atoms with Crippen LogP contribution in [0.3, 0.4) is 0 Å². The highest BCUT2D eigenvalue weighted by molar-refractivity contribution is 5.81. The van der Waals surface area contributed by atoms with Crippen LogP contribution in [-0.2, 0) is 7.05 Å². The van der Waals surface area contributed by atoms with E-state index in [1.165, 1.54) is 0 Å².